The van der Waals surface area contributed by atoms with E-state index < -0.39 is 56.1 Å². The fraction of sp³-hybridized carbons (Fsp3) is 0.0476. The van der Waals surface area contributed by atoms with Gasteiger partial charge in [0.15, 0.2) is 16.5 Å². The van der Waals surface area contributed by atoms with Gasteiger partial charge in [0.2, 0.25) is 17.4 Å². The van der Waals surface area contributed by atoms with Crippen molar-refractivity contribution >= 4 is 50.5 Å². The van der Waals surface area contributed by atoms with Crippen LogP contribution in [0.1, 0.15) is 15.9 Å². The maximum Gasteiger partial charge on any atom is 0.411 e. The van der Waals surface area contributed by atoms with Gasteiger partial charge in [-0.2, -0.15) is 17.2 Å². The Kier molecular flexibility index (Phi) is 7.97. The van der Waals surface area contributed by atoms with Crippen molar-refractivity contribution in [2.45, 2.75) is 11.5 Å². The molecule has 0 aliphatic rings. The van der Waals surface area contributed by atoms with Gasteiger partial charge in [-0.25, -0.2) is 18.4 Å². The molecule has 0 heterocycles. The lowest BCUT2D eigenvalue weighted by Crippen LogP contribution is -2.17. The van der Waals surface area contributed by atoms with Crippen LogP contribution < -0.4 is 10.1 Å². The molecule has 0 fully saturated rings. The Bertz CT molecular complexity index is 1390. The molecule has 35 heavy (non-hydrogen) atoms. The van der Waals surface area contributed by atoms with Crippen LogP contribution in [0.4, 0.5) is 28.0 Å². The summed E-state index contributed by atoms with van der Waals surface area (Å²) in [6, 6.07) is 12.3. The number of nitrogens with one attached hydrogen (secondary N) is 1. The summed E-state index contributed by atoms with van der Waals surface area (Å²) in [5.41, 5.74) is 0.607. The summed E-state index contributed by atoms with van der Waals surface area (Å²) in [4.78, 5) is 22.0. The fourth-order valence-corrected chi connectivity index (χ4v) is 3.95. The van der Waals surface area contributed by atoms with Gasteiger partial charge in [-0.15, -0.1) is 0 Å². The summed E-state index contributed by atoms with van der Waals surface area (Å²) < 4.78 is 96.4. The van der Waals surface area contributed by atoms with Crippen molar-refractivity contribution in [1.29, 1.82) is 0 Å². The highest BCUT2D eigenvalue weighted by Crippen LogP contribution is 2.33. The lowest BCUT2D eigenvalue weighted by molar-refractivity contribution is 0.0716. The number of esters is 1. The minimum absolute atomic E-state index is 0.00567. The van der Waals surface area contributed by atoms with Gasteiger partial charge in [0.05, 0.1) is 11.3 Å². The highest BCUT2D eigenvalue weighted by molar-refractivity contribution is 14.1. The van der Waals surface area contributed by atoms with Crippen molar-refractivity contribution < 1.29 is 49.6 Å². The number of ether oxygens (including phenoxy) is 2. The number of carbonyl (C=O) groups excluding carboxylic acids is 2. The molecule has 14 heteroatoms. The number of hydrogen-bond donors (Lipinski definition) is 2. The van der Waals surface area contributed by atoms with Gasteiger partial charge in [0.1, 0.15) is 6.61 Å². The Morgan fingerprint density at radius 2 is 1.54 bits per heavy atom. The second-order valence-electron chi connectivity index (χ2n) is 6.66. The van der Waals surface area contributed by atoms with E-state index in [2.05, 4.69) is 10.1 Å². The molecule has 2 N–H and O–H groups in total. The van der Waals surface area contributed by atoms with Crippen LogP contribution in [-0.4, -0.2) is 25.0 Å². The normalized spacial score (nSPS) is 11.1. The van der Waals surface area contributed by atoms with E-state index in [4.69, 9.17) is 9.29 Å². The lowest BCUT2D eigenvalue weighted by Gasteiger charge is -2.12. The van der Waals surface area contributed by atoms with E-state index in [0.29, 0.717) is 0 Å². The number of halogens is 5. The summed E-state index contributed by atoms with van der Waals surface area (Å²) >= 11 is 1.72. The van der Waals surface area contributed by atoms with Crippen LogP contribution in [-0.2, 0) is 21.5 Å². The molecule has 0 radical (unpaired) electrons. The molecule has 0 aromatic heterocycles. The SMILES string of the molecule is O=C(Nc1ccc(C(=O)Oc2c(F)c(F)c(S(=O)(=O)O)c(F)c2F)cc1I)OCc1ccccc1. The second-order valence-corrected chi connectivity index (χ2v) is 9.18. The molecule has 184 valence electrons. The van der Waals surface area contributed by atoms with E-state index >= 15 is 0 Å². The number of carbonyl (C=O) groups is 2. The van der Waals surface area contributed by atoms with Crippen molar-refractivity contribution in [2.24, 2.45) is 0 Å². The standard InChI is InChI=1S/C21H12F4INO7S/c22-14-16(24)19(35(30,31)32)17(25)15(23)18(14)34-20(28)11-6-7-13(12(26)8-11)27-21(29)33-9-10-4-2-1-3-5-10/h1-8H,9H2,(H,27,29)(H,30,31,32). The molecule has 0 spiro atoms. The number of amides is 1. The third kappa shape index (κ3) is 6.07. The largest absolute Gasteiger partial charge is 0.444 e. The first kappa shape index (κ1) is 26.4. The molecule has 8 nitrogen and oxygen atoms in total. The topological polar surface area (TPSA) is 119 Å². The first-order valence-corrected chi connectivity index (χ1v) is 11.7. The zero-order valence-corrected chi connectivity index (χ0v) is 20.0. The summed E-state index contributed by atoms with van der Waals surface area (Å²) in [6.45, 7) is -0.00567. The quantitative estimate of drug-likeness (QED) is 0.0982. The molecular weight excluding hydrogens is 613 g/mol. The van der Waals surface area contributed by atoms with E-state index in [1.807, 2.05) is 0 Å². The zero-order valence-electron chi connectivity index (χ0n) is 17.0. The van der Waals surface area contributed by atoms with E-state index in [-0.39, 0.29) is 21.4 Å². The van der Waals surface area contributed by atoms with Crippen molar-refractivity contribution in [3.63, 3.8) is 0 Å². The maximum atomic E-state index is 14.1. The Morgan fingerprint density at radius 1 is 0.943 bits per heavy atom. The number of hydrogen-bond acceptors (Lipinski definition) is 6. The monoisotopic (exact) mass is 625 g/mol. The molecule has 3 aromatic carbocycles. The second kappa shape index (κ2) is 10.6. The van der Waals surface area contributed by atoms with Crippen LogP contribution in [0.25, 0.3) is 0 Å². The van der Waals surface area contributed by atoms with E-state index in [1.165, 1.54) is 6.07 Å². The number of anilines is 1. The Balaban J connectivity index is 1.76. The smallest absolute Gasteiger partial charge is 0.411 e. The van der Waals surface area contributed by atoms with E-state index in [0.717, 1.165) is 17.7 Å². The molecule has 0 saturated heterocycles. The van der Waals surface area contributed by atoms with Crippen LogP contribution in [0, 0.1) is 26.8 Å². The van der Waals surface area contributed by atoms with Crippen LogP contribution in [0.3, 0.4) is 0 Å². The molecule has 3 aromatic rings. The van der Waals surface area contributed by atoms with E-state index in [9.17, 15) is 35.6 Å². The molecule has 0 aliphatic carbocycles. The lowest BCUT2D eigenvalue weighted by atomic mass is 10.2. The molecule has 3 rings (SSSR count). The van der Waals surface area contributed by atoms with Gasteiger partial charge >= 0.3 is 22.2 Å². The molecule has 0 unspecified atom stereocenters. The van der Waals surface area contributed by atoms with Gasteiger partial charge in [-0.3, -0.25) is 9.87 Å². The number of rotatable bonds is 6. The first-order chi connectivity index (χ1) is 16.4. The average Bonchev–Trinajstić information content (AvgIpc) is 2.80. The minimum atomic E-state index is -5.66. The van der Waals surface area contributed by atoms with Gasteiger partial charge < -0.3 is 9.47 Å². The van der Waals surface area contributed by atoms with Crippen molar-refractivity contribution in [1.82, 2.24) is 0 Å². The Hall–Kier alpha value is -3.24. The van der Waals surface area contributed by atoms with E-state index in [1.54, 1.807) is 52.9 Å². The van der Waals surface area contributed by atoms with Gasteiger partial charge in [-0.05, 0) is 46.4 Å². The molecule has 0 saturated carbocycles. The summed E-state index contributed by atoms with van der Waals surface area (Å²) in [5.74, 6) is -13.0. The zero-order chi connectivity index (χ0) is 25.9. The molecule has 0 bridgehead atoms. The predicted molar refractivity (Wildman–Crippen MR) is 120 cm³/mol. The Morgan fingerprint density at radius 3 is 2.09 bits per heavy atom. The predicted octanol–water partition coefficient (Wildman–Crippen LogP) is 5.06. The van der Waals surface area contributed by atoms with Crippen LogP contribution in [0.5, 0.6) is 5.75 Å². The van der Waals surface area contributed by atoms with Crippen molar-refractivity contribution in [3.05, 3.63) is 86.5 Å². The molecule has 0 atom stereocenters. The summed E-state index contributed by atoms with van der Waals surface area (Å²) in [7, 11) is -5.66. The highest BCUT2D eigenvalue weighted by atomic mass is 127. The fourth-order valence-electron chi connectivity index (χ4n) is 2.67. The maximum absolute atomic E-state index is 14.1. The first-order valence-electron chi connectivity index (χ1n) is 9.23. The van der Waals surface area contributed by atoms with Crippen LogP contribution in [0.2, 0.25) is 0 Å². The van der Waals surface area contributed by atoms with Crippen LogP contribution in [0.15, 0.2) is 53.4 Å². The third-order valence-corrected chi connectivity index (χ3v) is 6.06. The van der Waals surface area contributed by atoms with Gasteiger partial charge in [0.25, 0.3) is 0 Å². The van der Waals surface area contributed by atoms with Gasteiger partial charge in [0, 0.05) is 3.57 Å². The number of benzene rings is 3. The van der Waals surface area contributed by atoms with Crippen molar-refractivity contribution in [3.8, 4) is 5.75 Å². The molecular formula is C21H12F4INO7S. The Labute approximate surface area is 208 Å². The summed E-state index contributed by atoms with van der Waals surface area (Å²) in [5, 5.41) is 2.43. The van der Waals surface area contributed by atoms with Crippen molar-refractivity contribution in [2.75, 3.05) is 5.32 Å². The highest BCUT2D eigenvalue weighted by Gasteiger charge is 2.34. The third-order valence-electron chi connectivity index (χ3n) is 4.29. The molecule has 0 aliphatic heterocycles. The minimum Gasteiger partial charge on any atom is -0.444 e. The molecule has 1 amide bonds. The van der Waals surface area contributed by atoms with Crippen LogP contribution >= 0.6 is 22.6 Å². The van der Waals surface area contributed by atoms with Gasteiger partial charge in [-0.1, -0.05) is 30.3 Å². The average molecular weight is 625 g/mol. The summed E-state index contributed by atoms with van der Waals surface area (Å²) in [6.07, 6.45) is -0.809.